The minimum Gasteiger partial charge on any atom is -0.493 e. The summed E-state index contributed by atoms with van der Waals surface area (Å²) in [6.45, 7) is 0.446. The monoisotopic (exact) mass is 431 g/mol. The molecule has 0 fully saturated rings. The van der Waals surface area contributed by atoms with Crippen molar-refractivity contribution in [3.63, 3.8) is 0 Å². The van der Waals surface area contributed by atoms with Gasteiger partial charge in [-0.3, -0.25) is 4.79 Å². The number of methoxy groups -OCH3 is 1. The minimum atomic E-state index is -0.196. The first-order valence-corrected chi connectivity index (χ1v) is 10.5. The maximum absolute atomic E-state index is 12.6. The summed E-state index contributed by atoms with van der Waals surface area (Å²) in [5, 5.41) is 3.31. The van der Waals surface area contributed by atoms with Gasteiger partial charge in [0.25, 0.3) is 11.1 Å². The molecule has 4 aromatic rings. The summed E-state index contributed by atoms with van der Waals surface area (Å²) in [4.78, 5) is 17.1. The van der Waals surface area contributed by atoms with E-state index in [0.29, 0.717) is 41.0 Å². The highest BCUT2D eigenvalue weighted by molar-refractivity contribution is 7.07. The SMILES string of the molecule is COc1ccc(C(=O)NCc2ccccc2)cc1Oc1nc(Cc2ccccc2)ns1. The minimum absolute atomic E-state index is 0.196. The molecule has 156 valence electrons. The topological polar surface area (TPSA) is 73.3 Å². The molecule has 3 aromatic carbocycles. The number of carbonyl (C=O) groups excluding carboxylic acids is 1. The zero-order valence-corrected chi connectivity index (χ0v) is 17.8. The van der Waals surface area contributed by atoms with E-state index < -0.39 is 0 Å². The number of hydrogen-bond donors (Lipinski definition) is 1. The van der Waals surface area contributed by atoms with E-state index in [1.165, 1.54) is 11.5 Å². The number of aromatic nitrogens is 2. The number of amides is 1. The lowest BCUT2D eigenvalue weighted by Crippen LogP contribution is -2.22. The first-order chi connectivity index (χ1) is 15.2. The number of ether oxygens (including phenoxy) is 2. The normalized spacial score (nSPS) is 10.5. The van der Waals surface area contributed by atoms with E-state index in [9.17, 15) is 4.79 Å². The van der Waals surface area contributed by atoms with Gasteiger partial charge in [-0.2, -0.15) is 9.36 Å². The number of benzene rings is 3. The molecule has 1 heterocycles. The molecule has 0 bridgehead atoms. The molecule has 0 saturated carbocycles. The number of nitrogens with one attached hydrogen (secondary N) is 1. The second-order valence-corrected chi connectivity index (χ2v) is 7.49. The summed E-state index contributed by atoms with van der Waals surface area (Å²) >= 11 is 1.17. The van der Waals surface area contributed by atoms with Crippen molar-refractivity contribution < 1.29 is 14.3 Å². The Morgan fingerprint density at radius 3 is 2.35 bits per heavy atom. The van der Waals surface area contributed by atoms with Crippen LogP contribution in [-0.4, -0.2) is 22.4 Å². The summed E-state index contributed by atoms with van der Waals surface area (Å²) in [7, 11) is 1.55. The molecule has 1 amide bonds. The van der Waals surface area contributed by atoms with Crippen molar-refractivity contribution in [2.24, 2.45) is 0 Å². The van der Waals surface area contributed by atoms with Crippen molar-refractivity contribution in [3.05, 3.63) is 101 Å². The quantitative estimate of drug-likeness (QED) is 0.431. The van der Waals surface area contributed by atoms with Gasteiger partial charge in [0, 0.05) is 30.1 Å². The van der Waals surface area contributed by atoms with E-state index in [2.05, 4.69) is 14.7 Å². The molecular formula is C24H21N3O3S. The largest absolute Gasteiger partial charge is 0.493 e. The lowest BCUT2D eigenvalue weighted by molar-refractivity contribution is 0.0950. The van der Waals surface area contributed by atoms with Gasteiger partial charge in [-0.05, 0) is 29.3 Å². The Morgan fingerprint density at radius 2 is 1.65 bits per heavy atom. The van der Waals surface area contributed by atoms with Crippen LogP contribution >= 0.6 is 11.5 Å². The predicted molar refractivity (Wildman–Crippen MR) is 120 cm³/mol. The zero-order chi connectivity index (χ0) is 21.5. The van der Waals surface area contributed by atoms with Crippen LogP contribution < -0.4 is 14.8 Å². The fourth-order valence-corrected chi connectivity index (χ4v) is 3.56. The molecule has 1 N–H and O–H groups in total. The summed E-state index contributed by atoms with van der Waals surface area (Å²) in [5.74, 6) is 1.41. The van der Waals surface area contributed by atoms with Crippen molar-refractivity contribution in [2.45, 2.75) is 13.0 Å². The van der Waals surface area contributed by atoms with Crippen molar-refractivity contribution in [3.8, 4) is 16.7 Å². The Bertz CT molecular complexity index is 1150. The first-order valence-electron chi connectivity index (χ1n) is 9.76. The van der Waals surface area contributed by atoms with Gasteiger partial charge in [0.2, 0.25) is 0 Å². The summed E-state index contributed by atoms with van der Waals surface area (Å²) in [6.07, 6.45) is 0.625. The summed E-state index contributed by atoms with van der Waals surface area (Å²) < 4.78 is 15.7. The maximum Gasteiger partial charge on any atom is 0.298 e. The number of hydrogen-bond acceptors (Lipinski definition) is 6. The number of carbonyl (C=O) groups is 1. The van der Waals surface area contributed by atoms with Gasteiger partial charge >= 0.3 is 0 Å². The molecule has 0 saturated heterocycles. The van der Waals surface area contributed by atoms with Crippen LogP contribution in [0.25, 0.3) is 0 Å². The standard InChI is InChI=1S/C24H21N3O3S/c1-29-20-13-12-19(23(28)25-16-18-10-6-3-7-11-18)15-21(20)30-24-26-22(27-31-24)14-17-8-4-2-5-9-17/h2-13,15H,14,16H2,1H3,(H,25,28). The molecule has 0 atom stereocenters. The van der Waals surface area contributed by atoms with Gasteiger partial charge in [-0.1, -0.05) is 60.7 Å². The van der Waals surface area contributed by atoms with E-state index in [1.54, 1.807) is 25.3 Å². The highest BCUT2D eigenvalue weighted by Crippen LogP contribution is 2.33. The first kappa shape index (κ1) is 20.6. The predicted octanol–water partition coefficient (Wildman–Crippen LogP) is 4.86. The smallest absolute Gasteiger partial charge is 0.298 e. The molecule has 0 aliphatic heterocycles. The van der Waals surface area contributed by atoms with Crippen molar-refractivity contribution in [2.75, 3.05) is 7.11 Å². The molecule has 31 heavy (non-hydrogen) atoms. The molecule has 7 heteroatoms. The highest BCUT2D eigenvalue weighted by Gasteiger charge is 2.14. The molecule has 1 aromatic heterocycles. The van der Waals surface area contributed by atoms with E-state index in [1.807, 2.05) is 60.7 Å². The average Bonchev–Trinajstić information content (AvgIpc) is 3.25. The van der Waals surface area contributed by atoms with Crippen LogP contribution in [0, 0.1) is 0 Å². The van der Waals surface area contributed by atoms with Gasteiger partial charge in [-0.15, -0.1) is 0 Å². The molecule has 0 unspecified atom stereocenters. The average molecular weight is 432 g/mol. The van der Waals surface area contributed by atoms with E-state index in [0.717, 1.165) is 11.1 Å². The molecule has 0 radical (unpaired) electrons. The van der Waals surface area contributed by atoms with Crippen LogP contribution in [0.15, 0.2) is 78.9 Å². The van der Waals surface area contributed by atoms with Gasteiger partial charge in [-0.25, -0.2) is 0 Å². The number of rotatable bonds is 8. The molecule has 0 spiro atoms. The molecule has 0 aliphatic rings. The third-order valence-corrected chi connectivity index (χ3v) is 5.21. The molecule has 6 nitrogen and oxygen atoms in total. The van der Waals surface area contributed by atoms with E-state index in [4.69, 9.17) is 9.47 Å². The lowest BCUT2D eigenvalue weighted by Gasteiger charge is -2.10. The summed E-state index contributed by atoms with van der Waals surface area (Å²) in [6, 6.07) is 24.8. The summed E-state index contributed by atoms with van der Waals surface area (Å²) in [5.41, 5.74) is 2.63. The Morgan fingerprint density at radius 1 is 0.935 bits per heavy atom. The second kappa shape index (κ2) is 9.86. The molecule has 0 aliphatic carbocycles. The van der Waals surface area contributed by atoms with Crippen LogP contribution in [0.2, 0.25) is 0 Å². The highest BCUT2D eigenvalue weighted by atomic mass is 32.1. The Balaban J connectivity index is 1.46. The molecular weight excluding hydrogens is 410 g/mol. The van der Waals surface area contributed by atoms with Crippen LogP contribution in [0.4, 0.5) is 0 Å². The van der Waals surface area contributed by atoms with Gasteiger partial charge in [0.1, 0.15) is 0 Å². The maximum atomic E-state index is 12.6. The fourth-order valence-electron chi connectivity index (χ4n) is 3.00. The third-order valence-electron chi connectivity index (χ3n) is 4.57. The van der Waals surface area contributed by atoms with Crippen LogP contribution in [-0.2, 0) is 13.0 Å². The number of nitrogens with zero attached hydrogens (tertiary/aromatic N) is 2. The van der Waals surface area contributed by atoms with Gasteiger partial charge in [0.05, 0.1) is 7.11 Å². The zero-order valence-electron chi connectivity index (χ0n) is 16.9. The van der Waals surface area contributed by atoms with Crippen molar-refractivity contribution in [1.29, 1.82) is 0 Å². The van der Waals surface area contributed by atoms with Gasteiger partial charge < -0.3 is 14.8 Å². The van der Waals surface area contributed by atoms with E-state index >= 15 is 0 Å². The van der Waals surface area contributed by atoms with Gasteiger partial charge in [0.15, 0.2) is 17.3 Å². The van der Waals surface area contributed by atoms with Crippen LogP contribution in [0.1, 0.15) is 27.3 Å². The fraction of sp³-hybridized carbons (Fsp3) is 0.125. The van der Waals surface area contributed by atoms with E-state index in [-0.39, 0.29) is 5.91 Å². The third kappa shape index (κ3) is 5.46. The van der Waals surface area contributed by atoms with Crippen LogP contribution in [0.3, 0.4) is 0 Å². The van der Waals surface area contributed by atoms with Crippen molar-refractivity contribution in [1.82, 2.24) is 14.7 Å². The Hall–Kier alpha value is -3.71. The molecule has 4 rings (SSSR count). The van der Waals surface area contributed by atoms with Crippen molar-refractivity contribution >= 4 is 17.4 Å². The Kier molecular flexibility index (Phi) is 6.54. The second-order valence-electron chi connectivity index (χ2n) is 6.77. The Labute approximate surface area is 184 Å². The lowest BCUT2D eigenvalue weighted by atomic mass is 10.1. The van der Waals surface area contributed by atoms with Crippen LogP contribution in [0.5, 0.6) is 16.7 Å².